The standard InChI is InChI=1S/C22H19BrN4OS2/c1-15-4-2-5-18(12-15)27-20(13-24-21(28)19-6-3-11-29-19)25-26-22(27)30-14-16-7-9-17(23)10-8-16/h2-12H,13-14H2,1H3,(H,24,28). The third-order valence-corrected chi connectivity index (χ3v) is 6.79. The van der Waals surface area contributed by atoms with E-state index in [1.807, 2.05) is 46.3 Å². The summed E-state index contributed by atoms with van der Waals surface area (Å²) in [6, 6.07) is 20.1. The van der Waals surface area contributed by atoms with Crippen LogP contribution in [0.4, 0.5) is 0 Å². The van der Waals surface area contributed by atoms with Gasteiger partial charge in [0.25, 0.3) is 5.91 Å². The second-order valence-corrected chi connectivity index (χ2v) is 9.45. The van der Waals surface area contributed by atoms with Gasteiger partial charge < -0.3 is 5.32 Å². The molecule has 2 aromatic heterocycles. The molecule has 0 saturated carbocycles. The lowest BCUT2D eigenvalue weighted by Crippen LogP contribution is -2.23. The summed E-state index contributed by atoms with van der Waals surface area (Å²) in [6.07, 6.45) is 0. The van der Waals surface area contributed by atoms with Crippen molar-refractivity contribution in [3.05, 3.63) is 92.3 Å². The van der Waals surface area contributed by atoms with Crippen LogP contribution >= 0.6 is 39.0 Å². The minimum Gasteiger partial charge on any atom is -0.344 e. The van der Waals surface area contributed by atoms with Gasteiger partial charge in [-0.15, -0.1) is 21.5 Å². The van der Waals surface area contributed by atoms with Crippen LogP contribution in [0.3, 0.4) is 0 Å². The average Bonchev–Trinajstić information content (AvgIpc) is 3.42. The molecule has 4 aromatic rings. The SMILES string of the molecule is Cc1cccc(-n2c(CNC(=O)c3cccs3)nnc2SCc2ccc(Br)cc2)c1. The van der Waals surface area contributed by atoms with E-state index in [4.69, 9.17) is 0 Å². The summed E-state index contributed by atoms with van der Waals surface area (Å²) in [4.78, 5) is 13.0. The van der Waals surface area contributed by atoms with Gasteiger partial charge in [0.05, 0.1) is 11.4 Å². The Labute approximate surface area is 191 Å². The molecule has 1 N–H and O–H groups in total. The van der Waals surface area contributed by atoms with Crippen LogP contribution in [-0.4, -0.2) is 20.7 Å². The zero-order chi connectivity index (χ0) is 20.9. The van der Waals surface area contributed by atoms with Gasteiger partial charge in [0.15, 0.2) is 11.0 Å². The Morgan fingerprint density at radius 2 is 1.97 bits per heavy atom. The second-order valence-electron chi connectivity index (χ2n) is 6.65. The molecule has 0 aliphatic rings. The number of hydrogen-bond acceptors (Lipinski definition) is 5. The van der Waals surface area contributed by atoms with E-state index in [9.17, 15) is 4.79 Å². The van der Waals surface area contributed by atoms with Crippen molar-refractivity contribution in [2.24, 2.45) is 0 Å². The van der Waals surface area contributed by atoms with Gasteiger partial charge in [0, 0.05) is 15.9 Å². The fourth-order valence-electron chi connectivity index (χ4n) is 2.92. The number of carbonyl (C=O) groups is 1. The number of nitrogens with one attached hydrogen (secondary N) is 1. The molecule has 1 amide bonds. The third-order valence-electron chi connectivity index (χ3n) is 4.39. The number of thiophene rings is 1. The Kier molecular flexibility index (Phi) is 6.66. The molecule has 152 valence electrons. The Bertz CT molecular complexity index is 1140. The summed E-state index contributed by atoms with van der Waals surface area (Å²) in [5.41, 5.74) is 3.34. The Hall–Kier alpha value is -2.42. The summed E-state index contributed by atoms with van der Waals surface area (Å²) in [6.45, 7) is 2.36. The molecule has 5 nitrogen and oxygen atoms in total. The largest absolute Gasteiger partial charge is 0.344 e. The molecular weight excluding hydrogens is 480 g/mol. The van der Waals surface area contributed by atoms with Gasteiger partial charge in [-0.3, -0.25) is 9.36 Å². The first kappa shape index (κ1) is 20.8. The van der Waals surface area contributed by atoms with Crippen LogP contribution in [0.15, 0.2) is 75.7 Å². The van der Waals surface area contributed by atoms with Gasteiger partial charge in [0.1, 0.15) is 0 Å². The number of hydrogen-bond donors (Lipinski definition) is 1. The molecule has 0 spiro atoms. The zero-order valence-corrected chi connectivity index (χ0v) is 19.4. The van der Waals surface area contributed by atoms with Gasteiger partial charge in [-0.2, -0.15) is 0 Å². The van der Waals surface area contributed by atoms with Crippen molar-refractivity contribution in [2.75, 3.05) is 0 Å². The smallest absolute Gasteiger partial charge is 0.261 e. The van der Waals surface area contributed by atoms with Crippen LogP contribution in [0.5, 0.6) is 0 Å². The fourth-order valence-corrected chi connectivity index (χ4v) is 4.75. The maximum absolute atomic E-state index is 12.4. The number of carbonyl (C=O) groups excluding carboxylic acids is 1. The van der Waals surface area contributed by atoms with Crippen molar-refractivity contribution in [3.63, 3.8) is 0 Å². The third kappa shape index (κ3) is 5.00. The first-order valence-electron chi connectivity index (χ1n) is 9.30. The van der Waals surface area contributed by atoms with E-state index in [1.54, 1.807) is 11.8 Å². The van der Waals surface area contributed by atoms with Crippen molar-refractivity contribution in [1.82, 2.24) is 20.1 Å². The molecule has 0 radical (unpaired) electrons. The molecule has 2 aromatic carbocycles. The molecule has 0 unspecified atom stereocenters. The van der Waals surface area contributed by atoms with Crippen LogP contribution in [-0.2, 0) is 12.3 Å². The first-order chi connectivity index (χ1) is 14.6. The van der Waals surface area contributed by atoms with E-state index in [1.165, 1.54) is 16.9 Å². The number of aryl methyl sites for hydroxylation is 1. The van der Waals surface area contributed by atoms with E-state index in [-0.39, 0.29) is 5.91 Å². The van der Waals surface area contributed by atoms with E-state index in [2.05, 4.69) is 62.6 Å². The Morgan fingerprint density at radius 1 is 1.13 bits per heavy atom. The quantitative estimate of drug-likeness (QED) is 0.335. The van der Waals surface area contributed by atoms with Gasteiger partial charge in [-0.1, -0.05) is 58.0 Å². The van der Waals surface area contributed by atoms with E-state index >= 15 is 0 Å². The Balaban J connectivity index is 1.58. The minimum atomic E-state index is -0.104. The number of rotatable bonds is 7. The van der Waals surface area contributed by atoms with Crippen molar-refractivity contribution in [3.8, 4) is 5.69 Å². The highest BCUT2D eigenvalue weighted by Gasteiger charge is 2.16. The first-order valence-corrected chi connectivity index (χ1v) is 12.0. The molecule has 0 aliphatic carbocycles. The van der Waals surface area contributed by atoms with Crippen LogP contribution in [0.25, 0.3) is 5.69 Å². The fraction of sp³-hybridized carbons (Fsp3) is 0.136. The van der Waals surface area contributed by atoms with Crippen LogP contribution < -0.4 is 5.32 Å². The lowest BCUT2D eigenvalue weighted by molar-refractivity contribution is 0.0953. The molecule has 8 heteroatoms. The molecule has 2 heterocycles. The van der Waals surface area contributed by atoms with Crippen LogP contribution in [0.2, 0.25) is 0 Å². The summed E-state index contributed by atoms with van der Waals surface area (Å²) >= 11 is 6.51. The molecule has 0 atom stereocenters. The van der Waals surface area contributed by atoms with Gasteiger partial charge in [-0.05, 0) is 53.8 Å². The maximum atomic E-state index is 12.4. The van der Waals surface area contributed by atoms with Gasteiger partial charge in [-0.25, -0.2) is 0 Å². The van der Waals surface area contributed by atoms with Gasteiger partial charge in [0.2, 0.25) is 0 Å². The van der Waals surface area contributed by atoms with Crippen LogP contribution in [0.1, 0.15) is 26.6 Å². The predicted molar refractivity (Wildman–Crippen MR) is 125 cm³/mol. The number of nitrogens with zero attached hydrogens (tertiary/aromatic N) is 3. The highest BCUT2D eigenvalue weighted by atomic mass is 79.9. The summed E-state index contributed by atoms with van der Waals surface area (Å²) < 4.78 is 3.08. The lowest BCUT2D eigenvalue weighted by Gasteiger charge is -2.11. The zero-order valence-electron chi connectivity index (χ0n) is 16.2. The van der Waals surface area contributed by atoms with Crippen molar-refractivity contribution < 1.29 is 4.79 Å². The van der Waals surface area contributed by atoms with Crippen LogP contribution in [0, 0.1) is 6.92 Å². The molecule has 30 heavy (non-hydrogen) atoms. The highest BCUT2D eigenvalue weighted by molar-refractivity contribution is 9.10. The van der Waals surface area contributed by atoms with Crippen molar-refractivity contribution in [2.45, 2.75) is 24.4 Å². The number of benzene rings is 2. The summed E-state index contributed by atoms with van der Waals surface area (Å²) in [5.74, 6) is 1.37. The number of thioether (sulfide) groups is 1. The summed E-state index contributed by atoms with van der Waals surface area (Å²) in [7, 11) is 0. The second kappa shape index (κ2) is 9.59. The molecular formula is C22H19BrN4OS2. The minimum absolute atomic E-state index is 0.104. The molecule has 0 fully saturated rings. The average molecular weight is 499 g/mol. The monoisotopic (exact) mass is 498 g/mol. The lowest BCUT2D eigenvalue weighted by atomic mass is 10.2. The summed E-state index contributed by atoms with van der Waals surface area (Å²) in [5, 5.41) is 14.4. The maximum Gasteiger partial charge on any atom is 0.261 e. The van der Waals surface area contributed by atoms with Crippen molar-refractivity contribution >= 4 is 44.9 Å². The van der Waals surface area contributed by atoms with E-state index in [0.717, 1.165) is 26.6 Å². The molecule has 0 saturated heterocycles. The highest BCUT2D eigenvalue weighted by Crippen LogP contribution is 2.26. The number of halogens is 1. The van der Waals surface area contributed by atoms with Gasteiger partial charge >= 0.3 is 0 Å². The number of aromatic nitrogens is 3. The van der Waals surface area contributed by atoms with Crippen molar-refractivity contribution in [1.29, 1.82) is 0 Å². The molecule has 4 rings (SSSR count). The molecule has 0 bridgehead atoms. The normalized spacial score (nSPS) is 10.9. The Morgan fingerprint density at radius 3 is 2.70 bits per heavy atom. The topological polar surface area (TPSA) is 59.8 Å². The van der Waals surface area contributed by atoms with E-state index < -0.39 is 0 Å². The number of amides is 1. The molecule has 0 aliphatic heterocycles. The van der Waals surface area contributed by atoms with E-state index in [0.29, 0.717) is 17.2 Å². The predicted octanol–water partition coefficient (Wildman–Crippen LogP) is 5.62.